The average molecular weight is 428 g/mol. The highest BCUT2D eigenvalue weighted by atomic mass is 16.5. The highest BCUT2D eigenvalue weighted by Crippen LogP contribution is 2.41. The van der Waals surface area contributed by atoms with E-state index in [4.69, 9.17) is 18.9 Å². The van der Waals surface area contributed by atoms with Crippen LogP contribution in [0, 0.1) is 5.41 Å². The number of nitrogens with zero attached hydrogens (tertiary/aromatic N) is 1. The lowest BCUT2D eigenvalue weighted by molar-refractivity contribution is -0.159. The van der Waals surface area contributed by atoms with Gasteiger partial charge in [-0.15, -0.1) is 0 Å². The van der Waals surface area contributed by atoms with Gasteiger partial charge in [0.15, 0.2) is 11.5 Å². The Labute approximate surface area is 185 Å². The monoisotopic (exact) mass is 427 g/mol. The van der Waals surface area contributed by atoms with Crippen molar-refractivity contribution in [2.24, 2.45) is 5.41 Å². The molecule has 2 aromatic rings. The maximum Gasteiger partial charge on any atom is 0.313 e. The number of benzene rings is 2. The predicted molar refractivity (Wildman–Crippen MR) is 120 cm³/mol. The Morgan fingerprint density at radius 2 is 1.74 bits per heavy atom. The zero-order valence-corrected chi connectivity index (χ0v) is 19.0. The van der Waals surface area contributed by atoms with Gasteiger partial charge in [0.05, 0.1) is 33.4 Å². The van der Waals surface area contributed by atoms with Crippen LogP contribution in [-0.4, -0.2) is 51.9 Å². The lowest BCUT2D eigenvalue weighted by Gasteiger charge is -2.41. The van der Waals surface area contributed by atoms with E-state index in [1.54, 1.807) is 21.3 Å². The number of ether oxygens (including phenoxy) is 4. The van der Waals surface area contributed by atoms with Gasteiger partial charge < -0.3 is 18.9 Å². The lowest BCUT2D eigenvalue weighted by atomic mass is 9.75. The molecule has 1 heterocycles. The Balaban J connectivity index is 1.87. The normalized spacial score (nSPS) is 19.0. The van der Waals surface area contributed by atoms with E-state index in [0.717, 1.165) is 30.5 Å². The fourth-order valence-corrected chi connectivity index (χ4v) is 4.54. The molecule has 0 aromatic heterocycles. The maximum atomic E-state index is 13.1. The first-order valence-electron chi connectivity index (χ1n) is 10.8. The van der Waals surface area contributed by atoms with Gasteiger partial charge in [-0.05, 0) is 44.4 Å². The molecule has 1 saturated heterocycles. The maximum absolute atomic E-state index is 13.1. The van der Waals surface area contributed by atoms with Crippen molar-refractivity contribution in [1.29, 1.82) is 0 Å². The molecule has 2 aromatic carbocycles. The molecular weight excluding hydrogens is 394 g/mol. The quantitative estimate of drug-likeness (QED) is 0.562. The van der Waals surface area contributed by atoms with Crippen molar-refractivity contribution in [2.45, 2.75) is 32.7 Å². The fourth-order valence-electron chi connectivity index (χ4n) is 4.54. The van der Waals surface area contributed by atoms with Crippen LogP contribution in [0.15, 0.2) is 42.5 Å². The van der Waals surface area contributed by atoms with Crippen molar-refractivity contribution in [3.8, 4) is 17.2 Å². The Bertz CT molecular complexity index is 870. The summed E-state index contributed by atoms with van der Waals surface area (Å²) in [4.78, 5) is 15.4. The fraction of sp³-hybridized carbons (Fsp3) is 0.480. The molecule has 1 fully saturated rings. The predicted octanol–water partition coefficient (Wildman–Crippen LogP) is 4.10. The third-order valence-corrected chi connectivity index (χ3v) is 5.93. The number of methoxy groups -OCH3 is 3. The summed E-state index contributed by atoms with van der Waals surface area (Å²) in [7, 11) is 4.85. The summed E-state index contributed by atoms with van der Waals surface area (Å²) in [6, 6.07) is 14.1. The SMILES string of the molecule is CCOC(=O)[C@@]1(Cc2ccccc2)CCCN(Cc2ccc(OC)c(OC)c2OC)C1. The van der Waals surface area contributed by atoms with Crippen molar-refractivity contribution < 1.29 is 23.7 Å². The number of esters is 1. The van der Waals surface area contributed by atoms with Crippen LogP contribution in [0.2, 0.25) is 0 Å². The Morgan fingerprint density at radius 1 is 1.00 bits per heavy atom. The van der Waals surface area contributed by atoms with Crippen LogP contribution >= 0.6 is 0 Å². The van der Waals surface area contributed by atoms with Crippen LogP contribution in [0.1, 0.15) is 30.9 Å². The molecule has 0 amide bonds. The Hall–Kier alpha value is -2.73. The van der Waals surface area contributed by atoms with Crippen molar-refractivity contribution in [2.75, 3.05) is 41.0 Å². The summed E-state index contributed by atoms with van der Waals surface area (Å²) in [5.41, 5.74) is 1.60. The number of carbonyl (C=O) groups excluding carboxylic acids is 1. The Kier molecular flexibility index (Phi) is 7.80. The summed E-state index contributed by atoms with van der Waals surface area (Å²) in [6.45, 7) is 4.45. The van der Waals surface area contributed by atoms with Gasteiger partial charge in [-0.2, -0.15) is 0 Å². The molecule has 31 heavy (non-hydrogen) atoms. The second-order valence-electron chi connectivity index (χ2n) is 7.97. The van der Waals surface area contributed by atoms with Gasteiger partial charge in [-0.3, -0.25) is 9.69 Å². The van der Waals surface area contributed by atoms with Gasteiger partial charge in [0.2, 0.25) is 5.75 Å². The first-order valence-corrected chi connectivity index (χ1v) is 10.8. The lowest BCUT2D eigenvalue weighted by Crippen LogP contribution is -2.49. The zero-order chi connectivity index (χ0) is 22.3. The van der Waals surface area contributed by atoms with Crippen LogP contribution < -0.4 is 14.2 Å². The molecule has 0 spiro atoms. The number of hydrogen-bond acceptors (Lipinski definition) is 6. The molecule has 168 valence electrons. The summed E-state index contributed by atoms with van der Waals surface area (Å²) in [5, 5.41) is 0. The molecule has 1 atom stereocenters. The van der Waals surface area contributed by atoms with E-state index in [2.05, 4.69) is 17.0 Å². The molecule has 0 N–H and O–H groups in total. The molecule has 1 aliphatic heterocycles. The second kappa shape index (κ2) is 10.5. The van der Waals surface area contributed by atoms with E-state index in [-0.39, 0.29) is 5.97 Å². The van der Waals surface area contributed by atoms with E-state index >= 15 is 0 Å². The van der Waals surface area contributed by atoms with Crippen molar-refractivity contribution >= 4 is 5.97 Å². The van der Waals surface area contributed by atoms with Crippen molar-refractivity contribution in [1.82, 2.24) is 4.90 Å². The molecule has 0 radical (unpaired) electrons. The van der Waals surface area contributed by atoms with Gasteiger partial charge in [0.25, 0.3) is 0 Å². The highest BCUT2D eigenvalue weighted by Gasteiger charge is 2.43. The first-order chi connectivity index (χ1) is 15.1. The van der Waals surface area contributed by atoms with Gasteiger partial charge in [0, 0.05) is 18.7 Å². The standard InChI is InChI=1S/C25H33NO5/c1-5-31-24(27)25(16-19-10-7-6-8-11-19)14-9-15-26(18-25)17-20-12-13-21(28-2)23(30-4)22(20)29-3/h6-8,10-13H,5,9,14-18H2,1-4H3/t25-/m1/s1. The van der Waals surface area contributed by atoms with Crippen LogP contribution in [0.25, 0.3) is 0 Å². The van der Waals surface area contributed by atoms with E-state index < -0.39 is 5.41 Å². The van der Waals surface area contributed by atoms with E-state index in [1.807, 2.05) is 37.3 Å². The molecule has 0 saturated carbocycles. The minimum Gasteiger partial charge on any atom is -0.493 e. The third kappa shape index (κ3) is 5.13. The van der Waals surface area contributed by atoms with Gasteiger partial charge in [-0.1, -0.05) is 36.4 Å². The molecule has 0 bridgehead atoms. The average Bonchev–Trinajstić information content (AvgIpc) is 2.79. The topological polar surface area (TPSA) is 57.2 Å². The summed E-state index contributed by atoms with van der Waals surface area (Å²) in [6.07, 6.45) is 2.42. The van der Waals surface area contributed by atoms with Gasteiger partial charge in [0.1, 0.15) is 0 Å². The number of rotatable bonds is 9. The van der Waals surface area contributed by atoms with E-state index in [9.17, 15) is 4.79 Å². The largest absolute Gasteiger partial charge is 0.493 e. The molecular formula is C25H33NO5. The molecule has 6 nitrogen and oxygen atoms in total. The zero-order valence-electron chi connectivity index (χ0n) is 19.0. The van der Waals surface area contributed by atoms with Crippen LogP contribution in [0.5, 0.6) is 17.2 Å². The summed E-state index contributed by atoms with van der Waals surface area (Å²) in [5.74, 6) is 1.77. The van der Waals surface area contributed by atoms with Crippen LogP contribution in [-0.2, 0) is 22.5 Å². The molecule has 1 aliphatic rings. The van der Waals surface area contributed by atoms with Crippen LogP contribution in [0.4, 0.5) is 0 Å². The molecule has 6 heteroatoms. The first kappa shape index (κ1) is 22.9. The number of piperidine rings is 1. The third-order valence-electron chi connectivity index (χ3n) is 5.93. The van der Waals surface area contributed by atoms with Gasteiger partial charge in [-0.25, -0.2) is 0 Å². The highest BCUT2D eigenvalue weighted by molar-refractivity contribution is 5.78. The number of carbonyl (C=O) groups is 1. The second-order valence-corrected chi connectivity index (χ2v) is 7.97. The summed E-state index contributed by atoms with van der Waals surface area (Å²) >= 11 is 0. The van der Waals surface area contributed by atoms with Gasteiger partial charge >= 0.3 is 5.97 Å². The van der Waals surface area contributed by atoms with Crippen LogP contribution in [0.3, 0.4) is 0 Å². The van der Waals surface area contributed by atoms with E-state index in [1.165, 1.54) is 0 Å². The number of likely N-dealkylation sites (tertiary alicyclic amines) is 1. The van der Waals surface area contributed by atoms with Crippen molar-refractivity contribution in [3.05, 3.63) is 53.6 Å². The Morgan fingerprint density at radius 3 is 2.39 bits per heavy atom. The van der Waals surface area contributed by atoms with E-state index in [0.29, 0.717) is 43.4 Å². The number of hydrogen-bond donors (Lipinski definition) is 0. The smallest absolute Gasteiger partial charge is 0.313 e. The summed E-state index contributed by atoms with van der Waals surface area (Å²) < 4.78 is 22.1. The minimum absolute atomic E-state index is 0.108. The molecule has 3 rings (SSSR count). The molecule has 0 aliphatic carbocycles. The molecule has 0 unspecified atom stereocenters. The van der Waals surface area contributed by atoms with Crippen molar-refractivity contribution in [3.63, 3.8) is 0 Å². The minimum atomic E-state index is -0.556.